The molecule has 2 heterocycles. The molecular weight excluding hydrogens is 300 g/mol. The Balaban J connectivity index is 1.45. The zero-order valence-electron chi connectivity index (χ0n) is 14.1. The number of nitrogens with one attached hydrogen (secondary N) is 1. The second-order valence-corrected chi connectivity index (χ2v) is 6.96. The van der Waals surface area contributed by atoms with Crippen LogP contribution in [0, 0.1) is 5.92 Å². The molecule has 4 rings (SSSR count). The van der Waals surface area contributed by atoms with Gasteiger partial charge in [-0.25, -0.2) is 4.98 Å². The van der Waals surface area contributed by atoms with Crippen LogP contribution in [0.2, 0.25) is 0 Å². The van der Waals surface area contributed by atoms with E-state index in [1.54, 1.807) is 0 Å². The van der Waals surface area contributed by atoms with E-state index >= 15 is 0 Å². The van der Waals surface area contributed by atoms with Crippen LogP contribution < -0.4 is 5.32 Å². The maximum absolute atomic E-state index is 12.3. The van der Waals surface area contributed by atoms with Crippen LogP contribution in [0.1, 0.15) is 47.7 Å². The van der Waals surface area contributed by atoms with Crippen LogP contribution in [-0.2, 0) is 13.1 Å². The predicted molar refractivity (Wildman–Crippen MR) is 92.6 cm³/mol. The van der Waals surface area contributed by atoms with Gasteiger partial charge in [-0.3, -0.25) is 9.69 Å². The molecule has 1 fully saturated rings. The average molecular weight is 324 g/mol. The summed E-state index contributed by atoms with van der Waals surface area (Å²) in [6.07, 6.45) is 4.39. The molecule has 1 aliphatic heterocycles. The molecule has 126 valence electrons. The van der Waals surface area contributed by atoms with Gasteiger partial charge >= 0.3 is 0 Å². The molecule has 1 aromatic carbocycles. The van der Waals surface area contributed by atoms with Crippen molar-refractivity contribution in [2.24, 2.45) is 5.92 Å². The second kappa shape index (κ2) is 6.40. The van der Waals surface area contributed by atoms with Crippen molar-refractivity contribution in [3.63, 3.8) is 0 Å². The van der Waals surface area contributed by atoms with Gasteiger partial charge in [0.15, 0.2) is 0 Å². The summed E-state index contributed by atoms with van der Waals surface area (Å²) >= 11 is 0. The summed E-state index contributed by atoms with van der Waals surface area (Å²) in [6.45, 7) is 5.74. The maximum atomic E-state index is 12.3. The van der Waals surface area contributed by atoms with Gasteiger partial charge in [-0.05, 0) is 31.2 Å². The van der Waals surface area contributed by atoms with Gasteiger partial charge in [-0.15, -0.1) is 0 Å². The van der Waals surface area contributed by atoms with Gasteiger partial charge in [0.25, 0.3) is 5.91 Å². The van der Waals surface area contributed by atoms with E-state index in [1.807, 2.05) is 12.3 Å². The monoisotopic (exact) mass is 324 g/mol. The summed E-state index contributed by atoms with van der Waals surface area (Å²) in [4.78, 5) is 19.3. The quantitative estimate of drug-likeness (QED) is 0.920. The molecule has 0 spiro atoms. The van der Waals surface area contributed by atoms with E-state index in [9.17, 15) is 4.79 Å². The number of hydrogen-bond donors (Lipinski definition) is 1. The predicted octanol–water partition coefficient (Wildman–Crippen LogP) is 2.60. The average Bonchev–Trinajstić information content (AvgIpc) is 3.33. The van der Waals surface area contributed by atoms with Crippen LogP contribution in [0.5, 0.6) is 0 Å². The molecule has 2 aliphatic rings. The van der Waals surface area contributed by atoms with Gasteiger partial charge in [0.1, 0.15) is 11.5 Å². The van der Waals surface area contributed by atoms with Gasteiger partial charge in [-0.1, -0.05) is 30.3 Å². The number of imidazole rings is 1. The molecule has 0 bridgehead atoms. The van der Waals surface area contributed by atoms with Crippen molar-refractivity contribution in [3.05, 3.63) is 53.6 Å². The number of carbonyl (C=O) groups excluding carboxylic acids is 1. The SMILES string of the molecule is CC1c2nc(C(=O)NCC3CC3)cn2CCN1Cc1ccccc1. The van der Waals surface area contributed by atoms with Crippen molar-refractivity contribution in [3.8, 4) is 0 Å². The topological polar surface area (TPSA) is 50.2 Å². The van der Waals surface area contributed by atoms with Gasteiger partial charge in [-0.2, -0.15) is 0 Å². The highest BCUT2D eigenvalue weighted by Gasteiger charge is 2.28. The molecule has 1 saturated carbocycles. The van der Waals surface area contributed by atoms with E-state index in [1.165, 1.54) is 18.4 Å². The minimum absolute atomic E-state index is 0.0365. The summed E-state index contributed by atoms with van der Waals surface area (Å²) in [6, 6.07) is 10.7. The Morgan fingerprint density at radius 1 is 1.25 bits per heavy atom. The van der Waals surface area contributed by atoms with Crippen molar-refractivity contribution in [2.75, 3.05) is 13.1 Å². The number of nitrogens with zero attached hydrogens (tertiary/aromatic N) is 3. The van der Waals surface area contributed by atoms with Crippen LogP contribution in [0.4, 0.5) is 0 Å². The molecule has 0 saturated heterocycles. The number of fused-ring (bicyclic) bond motifs is 1. The number of benzene rings is 1. The van der Waals surface area contributed by atoms with Crippen molar-refractivity contribution in [2.45, 2.75) is 38.9 Å². The highest BCUT2D eigenvalue weighted by Crippen LogP contribution is 2.28. The van der Waals surface area contributed by atoms with Crippen LogP contribution >= 0.6 is 0 Å². The van der Waals surface area contributed by atoms with Gasteiger partial charge in [0, 0.05) is 32.4 Å². The lowest BCUT2D eigenvalue weighted by Crippen LogP contribution is -2.36. The highest BCUT2D eigenvalue weighted by atomic mass is 16.1. The summed E-state index contributed by atoms with van der Waals surface area (Å²) < 4.78 is 2.14. The fourth-order valence-electron chi connectivity index (χ4n) is 3.33. The zero-order chi connectivity index (χ0) is 16.5. The first-order valence-electron chi connectivity index (χ1n) is 8.84. The Morgan fingerprint density at radius 2 is 2.04 bits per heavy atom. The van der Waals surface area contributed by atoms with E-state index < -0.39 is 0 Å². The van der Waals surface area contributed by atoms with Crippen LogP contribution in [0.25, 0.3) is 0 Å². The van der Waals surface area contributed by atoms with E-state index in [2.05, 4.69) is 51.0 Å². The standard InChI is InChI=1S/C19H24N4O/c1-14-18-21-17(19(24)20-11-15-7-8-15)13-23(18)10-9-22(14)12-16-5-3-2-4-6-16/h2-6,13-15H,7-12H2,1H3,(H,20,24). The van der Waals surface area contributed by atoms with E-state index in [0.717, 1.165) is 32.0 Å². The maximum Gasteiger partial charge on any atom is 0.271 e. The summed E-state index contributed by atoms with van der Waals surface area (Å²) in [5, 5.41) is 3.01. The minimum Gasteiger partial charge on any atom is -0.350 e. The molecule has 1 unspecified atom stereocenters. The van der Waals surface area contributed by atoms with Crippen LogP contribution in [0.15, 0.2) is 36.5 Å². The Bertz CT molecular complexity index is 720. The molecule has 2 aromatic rings. The number of aromatic nitrogens is 2. The van der Waals surface area contributed by atoms with Crippen molar-refractivity contribution in [1.29, 1.82) is 0 Å². The first-order chi connectivity index (χ1) is 11.7. The Labute approximate surface area is 142 Å². The number of rotatable bonds is 5. The Morgan fingerprint density at radius 3 is 2.79 bits per heavy atom. The first kappa shape index (κ1) is 15.4. The molecule has 1 amide bonds. The number of amides is 1. The van der Waals surface area contributed by atoms with Crippen molar-refractivity contribution >= 4 is 5.91 Å². The fraction of sp³-hybridized carbons (Fsp3) is 0.474. The minimum atomic E-state index is -0.0365. The fourth-order valence-corrected chi connectivity index (χ4v) is 3.33. The molecule has 24 heavy (non-hydrogen) atoms. The van der Waals surface area contributed by atoms with Crippen LogP contribution in [-0.4, -0.2) is 33.4 Å². The Kier molecular flexibility index (Phi) is 4.10. The van der Waals surface area contributed by atoms with Gasteiger partial charge in [0.2, 0.25) is 0 Å². The second-order valence-electron chi connectivity index (χ2n) is 6.96. The molecule has 5 heteroatoms. The lowest BCUT2D eigenvalue weighted by atomic mass is 10.1. The third-order valence-electron chi connectivity index (χ3n) is 5.07. The Hall–Kier alpha value is -2.14. The van der Waals surface area contributed by atoms with Crippen molar-refractivity contribution in [1.82, 2.24) is 19.8 Å². The van der Waals surface area contributed by atoms with Gasteiger partial charge < -0.3 is 9.88 Å². The normalized spacial score (nSPS) is 20.6. The molecule has 1 aromatic heterocycles. The lowest BCUT2D eigenvalue weighted by Gasteiger charge is -2.33. The molecular formula is C19H24N4O. The molecule has 1 aliphatic carbocycles. The first-order valence-corrected chi connectivity index (χ1v) is 8.84. The summed E-state index contributed by atoms with van der Waals surface area (Å²) in [7, 11) is 0. The third-order valence-corrected chi connectivity index (χ3v) is 5.07. The third kappa shape index (κ3) is 3.22. The zero-order valence-corrected chi connectivity index (χ0v) is 14.1. The van der Waals surface area contributed by atoms with Gasteiger partial charge in [0.05, 0.1) is 6.04 Å². The molecule has 1 N–H and O–H groups in total. The smallest absolute Gasteiger partial charge is 0.271 e. The molecule has 1 atom stereocenters. The van der Waals surface area contributed by atoms with E-state index in [-0.39, 0.29) is 11.9 Å². The highest BCUT2D eigenvalue weighted by molar-refractivity contribution is 5.92. The van der Waals surface area contributed by atoms with E-state index in [4.69, 9.17) is 0 Å². The number of carbonyl (C=O) groups is 1. The molecule has 0 radical (unpaired) electrons. The number of hydrogen-bond acceptors (Lipinski definition) is 3. The largest absolute Gasteiger partial charge is 0.350 e. The molecule has 5 nitrogen and oxygen atoms in total. The van der Waals surface area contributed by atoms with Crippen LogP contribution in [0.3, 0.4) is 0 Å². The lowest BCUT2D eigenvalue weighted by molar-refractivity contribution is 0.0947. The summed E-state index contributed by atoms with van der Waals surface area (Å²) in [5.41, 5.74) is 1.87. The van der Waals surface area contributed by atoms with E-state index in [0.29, 0.717) is 11.6 Å². The van der Waals surface area contributed by atoms with Crippen molar-refractivity contribution < 1.29 is 4.79 Å². The summed E-state index contributed by atoms with van der Waals surface area (Å²) in [5.74, 6) is 1.64.